The van der Waals surface area contributed by atoms with Crippen molar-refractivity contribution in [1.29, 1.82) is 0 Å². The van der Waals surface area contributed by atoms with Crippen molar-refractivity contribution in [2.45, 2.75) is 0 Å². The number of pyridine rings is 1. The van der Waals surface area contributed by atoms with Gasteiger partial charge in [-0.25, -0.2) is 9.37 Å². The van der Waals surface area contributed by atoms with Crippen molar-refractivity contribution in [2.24, 2.45) is 0 Å². The number of halogens is 2. The van der Waals surface area contributed by atoms with Gasteiger partial charge in [-0.1, -0.05) is 11.6 Å². The lowest BCUT2D eigenvalue weighted by molar-refractivity contribution is 0.102. The lowest BCUT2D eigenvalue weighted by Gasteiger charge is -2.10. The monoisotopic (exact) mass is 414 g/mol. The second-order valence-corrected chi connectivity index (χ2v) is 6.19. The first-order valence-electron chi connectivity index (χ1n) is 8.23. The molecule has 10 heteroatoms. The van der Waals surface area contributed by atoms with E-state index in [1.165, 1.54) is 37.8 Å². The Morgan fingerprint density at radius 3 is 2.79 bits per heavy atom. The van der Waals surface area contributed by atoms with Crippen molar-refractivity contribution in [3.05, 3.63) is 65.3 Å². The van der Waals surface area contributed by atoms with Crippen molar-refractivity contribution in [1.82, 2.24) is 15.2 Å². The molecule has 0 unspecified atom stereocenters. The minimum absolute atomic E-state index is 0.104. The number of rotatable bonds is 5. The Labute approximate surface area is 168 Å². The summed E-state index contributed by atoms with van der Waals surface area (Å²) in [4.78, 5) is 16.6. The maximum Gasteiger partial charge on any atom is 0.283 e. The van der Waals surface area contributed by atoms with E-state index in [9.17, 15) is 9.18 Å². The molecule has 0 aliphatic rings. The van der Waals surface area contributed by atoms with Crippen LogP contribution in [0.1, 0.15) is 10.4 Å². The molecule has 4 rings (SSSR count). The van der Waals surface area contributed by atoms with Crippen molar-refractivity contribution in [2.75, 3.05) is 12.4 Å². The average molecular weight is 415 g/mol. The number of carbonyl (C=O) groups is 1. The summed E-state index contributed by atoms with van der Waals surface area (Å²) in [5.41, 5.74) is 0.327. The number of ether oxygens (including phenoxy) is 1. The molecule has 1 amide bonds. The third kappa shape index (κ3) is 3.81. The van der Waals surface area contributed by atoms with Crippen LogP contribution in [-0.2, 0) is 0 Å². The third-order valence-electron chi connectivity index (χ3n) is 3.87. The van der Waals surface area contributed by atoms with Gasteiger partial charge in [-0.15, -0.1) is 10.2 Å². The Balaban J connectivity index is 1.64. The highest BCUT2D eigenvalue weighted by Gasteiger charge is 2.19. The molecule has 0 fully saturated rings. The number of nitrogens with one attached hydrogen (secondary N) is 1. The van der Waals surface area contributed by atoms with Crippen LogP contribution in [0, 0.1) is 5.82 Å². The number of hydrogen-bond donors (Lipinski definition) is 1. The van der Waals surface area contributed by atoms with Gasteiger partial charge in [0.25, 0.3) is 11.8 Å². The molecule has 29 heavy (non-hydrogen) atoms. The molecule has 0 saturated heterocycles. The summed E-state index contributed by atoms with van der Waals surface area (Å²) in [5.74, 6) is -0.658. The predicted molar refractivity (Wildman–Crippen MR) is 101 cm³/mol. The highest BCUT2D eigenvalue weighted by Crippen LogP contribution is 2.28. The van der Waals surface area contributed by atoms with Crippen LogP contribution < -0.4 is 10.1 Å². The fraction of sp³-hybridized carbons (Fsp3) is 0.0526. The second kappa shape index (κ2) is 7.72. The molecule has 4 aromatic rings. The summed E-state index contributed by atoms with van der Waals surface area (Å²) in [5, 5.41) is 10.6. The minimum atomic E-state index is -0.731. The molecule has 0 aliphatic carbocycles. The number of hydrogen-bond acceptors (Lipinski definition) is 7. The number of methoxy groups -OCH3 is 1. The number of anilines is 1. The van der Waals surface area contributed by atoms with Gasteiger partial charge in [0.05, 0.1) is 24.0 Å². The van der Waals surface area contributed by atoms with E-state index >= 15 is 0 Å². The number of nitrogens with zero attached hydrogens (tertiary/aromatic N) is 3. The molecule has 1 aromatic carbocycles. The quantitative estimate of drug-likeness (QED) is 0.514. The van der Waals surface area contributed by atoms with Crippen LogP contribution >= 0.6 is 11.6 Å². The maximum atomic E-state index is 14.3. The molecule has 1 N–H and O–H groups in total. The smallest absolute Gasteiger partial charge is 0.283 e. The highest BCUT2D eigenvalue weighted by molar-refractivity contribution is 6.30. The average Bonchev–Trinajstić information content (AvgIpc) is 3.40. The number of aromatic nitrogens is 3. The van der Waals surface area contributed by atoms with Gasteiger partial charge in [0.1, 0.15) is 11.5 Å². The molecule has 0 saturated carbocycles. The van der Waals surface area contributed by atoms with E-state index in [-0.39, 0.29) is 33.9 Å². The molecular formula is C19H12ClFN4O4. The van der Waals surface area contributed by atoms with E-state index in [1.54, 1.807) is 12.1 Å². The van der Waals surface area contributed by atoms with Gasteiger partial charge in [-0.05, 0) is 36.4 Å². The molecule has 0 spiro atoms. The lowest BCUT2D eigenvalue weighted by Crippen LogP contribution is -2.15. The molecule has 146 valence electrons. The Bertz CT molecular complexity index is 1180. The van der Waals surface area contributed by atoms with Crippen LogP contribution in [0.3, 0.4) is 0 Å². The molecule has 0 aliphatic heterocycles. The van der Waals surface area contributed by atoms with Gasteiger partial charge in [-0.3, -0.25) is 4.79 Å². The Morgan fingerprint density at radius 1 is 1.21 bits per heavy atom. The van der Waals surface area contributed by atoms with E-state index in [1.807, 2.05) is 0 Å². The standard InChI is InChI=1S/C19H12ClFN4O4/c1-27-18-14(8-11(20)9-22-18)23-16(26)12-7-10(4-5-13(12)21)17-24-25-19(29-17)15-3-2-6-28-15/h2-9H,1H3,(H,23,26). The van der Waals surface area contributed by atoms with Gasteiger partial charge < -0.3 is 18.9 Å². The van der Waals surface area contributed by atoms with E-state index in [2.05, 4.69) is 20.5 Å². The van der Waals surface area contributed by atoms with Crippen LogP contribution in [-0.4, -0.2) is 28.2 Å². The van der Waals surface area contributed by atoms with Crippen molar-refractivity contribution < 1.29 is 22.8 Å². The lowest BCUT2D eigenvalue weighted by atomic mass is 10.1. The molecule has 0 atom stereocenters. The zero-order chi connectivity index (χ0) is 20.4. The predicted octanol–water partition coefficient (Wildman–Crippen LogP) is 4.45. The summed E-state index contributed by atoms with van der Waals surface area (Å²) < 4.78 is 30.1. The summed E-state index contributed by atoms with van der Waals surface area (Å²) in [6.07, 6.45) is 2.84. The SMILES string of the molecule is COc1ncc(Cl)cc1NC(=O)c1cc(-c2nnc(-c3ccco3)o2)ccc1F. The molecule has 3 heterocycles. The zero-order valence-corrected chi connectivity index (χ0v) is 15.6. The van der Waals surface area contributed by atoms with E-state index in [0.717, 1.165) is 6.07 Å². The minimum Gasteiger partial charge on any atom is -0.480 e. The van der Waals surface area contributed by atoms with Crippen molar-refractivity contribution in [3.8, 4) is 29.0 Å². The van der Waals surface area contributed by atoms with Gasteiger partial charge in [-0.2, -0.15) is 0 Å². The third-order valence-corrected chi connectivity index (χ3v) is 4.08. The first-order chi connectivity index (χ1) is 14.0. The van der Waals surface area contributed by atoms with Gasteiger partial charge in [0, 0.05) is 11.8 Å². The van der Waals surface area contributed by atoms with E-state index in [0.29, 0.717) is 11.3 Å². The zero-order valence-electron chi connectivity index (χ0n) is 14.8. The Hall–Kier alpha value is -3.72. The van der Waals surface area contributed by atoms with Crippen LogP contribution in [0.4, 0.5) is 10.1 Å². The molecular weight excluding hydrogens is 403 g/mol. The summed E-state index contributed by atoms with van der Waals surface area (Å²) in [7, 11) is 1.39. The van der Waals surface area contributed by atoms with E-state index in [4.69, 9.17) is 25.2 Å². The Morgan fingerprint density at radius 2 is 2.03 bits per heavy atom. The van der Waals surface area contributed by atoms with Crippen LogP contribution in [0.5, 0.6) is 5.88 Å². The largest absolute Gasteiger partial charge is 0.480 e. The number of amides is 1. The molecule has 0 radical (unpaired) electrons. The summed E-state index contributed by atoms with van der Waals surface area (Å²) in [6, 6.07) is 8.64. The second-order valence-electron chi connectivity index (χ2n) is 5.75. The highest BCUT2D eigenvalue weighted by atomic mass is 35.5. The van der Waals surface area contributed by atoms with Gasteiger partial charge in [0.15, 0.2) is 5.76 Å². The number of carbonyl (C=O) groups excluding carboxylic acids is 1. The fourth-order valence-electron chi connectivity index (χ4n) is 2.54. The van der Waals surface area contributed by atoms with Crippen LogP contribution in [0.25, 0.3) is 23.1 Å². The normalized spacial score (nSPS) is 10.7. The summed E-state index contributed by atoms with van der Waals surface area (Å²) >= 11 is 5.91. The summed E-state index contributed by atoms with van der Waals surface area (Å²) in [6.45, 7) is 0. The molecule has 8 nitrogen and oxygen atoms in total. The fourth-order valence-corrected chi connectivity index (χ4v) is 2.70. The van der Waals surface area contributed by atoms with E-state index < -0.39 is 11.7 Å². The van der Waals surface area contributed by atoms with Crippen molar-refractivity contribution >= 4 is 23.2 Å². The van der Waals surface area contributed by atoms with Crippen LogP contribution in [0.2, 0.25) is 5.02 Å². The molecule has 0 bridgehead atoms. The number of furan rings is 1. The topological polar surface area (TPSA) is 103 Å². The van der Waals surface area contributed by atoms with Crippen molar-refractivity contribution in [3.63, 3.8) is 0 Å². The number of benzene rings is 1. The first kappa shape index (κ1) is 18.6. The van der Waals surface area contributed by atoms with Gasteiger partial charge in [0.2, 0.25) is 11.8 Å². The maximum absolute atomic E-state index is 14.3. The Kier molecular flexibility index (Phi) is 4.96. The molecule has 3 aromatic heterocycles. The first-order valence-corrected chi connectivity index (χ1v) is 8.61. The van der Waals surface area contributed by atoms with Gasteiger partial charge >= 0.3 is 0 Å². The van der Waals surface area contributed by atoms with Crippen LogP contribution in [0.15, 0.2) is 57.7 Å².